The number of hydrogen-bond acceptors (Lipinski definition) is 6. The lowest BCUT2D eigenvalue weighted by Crippen LogP contribution is -2.28. The molecule has 3 N–H and O–H groups in total. The molecule has 0 aliphatic carbocycles. The number of sulfone groups is 1. The van der Waals surface area contributed by atoms with Crippen molar-refractivity contribution in [2.24, 2.45) is 0 Å². The Labute approximate surface area is 143 Å². The molecule has 3 aromatic rings. The smallest absolute Gasteiger partial charge is 0.319 e. The van der Waals surface area contributed by atoms with Gasteiger partial charge in [0.15, 0.2) is 0 Å². The predicted molar refractivity (Wildman–Crippen MR) is 88.4 cm³/mol. The zero-order valence-corrected chi connectivity index (χ0v) is 13.7. The van der Waals surface area contributed by atoms with Crippen molar-refractivity contribution < 1.29 is 13.2 Å². The monoisotopic (exact) mass is 358 g/mol. The van der Waals surface area contributed by atoms with Gasteiger partial charge in [-0.05, 0) is 30.3 Å². The van der Waals surface area contributed by atoms with Crippen molar-refractivity contribution in [2.45, 2.75) is 16.6 Å². The summed E-state index contributed by atoms with van der Waals surface area (Å²) in [6.45, 7) is 0.320. The summed E-state index contributed by atoms with van der Waals surface area (Å²) >= 11 is 0. The highest BCUT2D eigenvalue weighted by atomic mass is 32.2. The van der Waals surface area contributed by atoms with Crippen LogP contribution in [0.15, 0.2) is 65.2 Å². The topological polar surface area (TPSA) is 130 Å². The van der Waals surface area contributed by atoms with Gasteiger partial charge in [0.2, 0.25) is 9.84 Å². The van der Waals surface area contributed by atoms with E-state index < -0.39 is 15.9 Å². The van der Waals surface area contributed by atoms with Gasteiger partial charge in [-0.2, -0.15) is 5.10 Å². The highest BCUT2D eigenvalue weighted by Crippen LogP contribution is 2.19. The van der Waals surface area contributed by atoms with Gasteiger partial charge in [-0.1, -0.05) is 0 Å². The first-order valence-corrected chi connectivity index (χ1v) is 8.69. The second kappa shape index (κ2) is 7.09. The Morgan fingerprint density at radius 2 is 1.84 bits per heavy atom. The second-order valence-electron chi connectivity index (χ2n) is 4.97. The average Bonchev–Trinajstić information content (AvgIpc) is 3.15. The van der Waals surface area contributed by atoms with E-state index in [0.29, 0.717) is 12.2 Å². The Kier molecular flexibility index (Phi) is 4.70. The fourth-order valence-corrected chi connectivity index (χ4v) is 3.08. The average molecular weight is 358 g/mol. The molecule has 0 spiro atoms. The van der Waals surface area contributed by atoms with Gasteiger partial charge in [0.25, 0.3) is 5.16 Å². The van der Waals surface area contributed by atoms with Crippen LogP contribution in [0.25, 0.3) is 0 Å². The van der Waals surface area contributed by atoms with Crippen LogP contribution in [0.3, 0.4) is 0 Å². The van der Waals surface area contributed by atoms with E-state index in [1.54, 1.807) is 12.4 Å². The quantitative estimate of drug-likeness (QED) is 0.590. The summed E-state index contributed by atoms with van der Waals surface area (Å²) in [6.07, 6.45) is 6.00. The number of benzene rings is 1. The molecule has 1 aromatic carbocycles. The number of hydrogen-bond donors (Lipinski definition) is 3. The van der Waals surface area contributed by atoms with Crippen LogP contribution in [0, 0.1) is 0 Å². The summed E-state index contributed by atoms with van der Waals surface area (Å²) < 4.78 is 24.7. The van der Waals surface area contributed by atoms with Crippen molar-refractivity contribution in [3.8, 4) is 0 Å². The van der Waals surface area contributed by atoms with Gasteiger partial charge in [-0.15, -0.1) is 0 Å². The molecule has 0 saturated heterocycles. The Morgan fingerprint density at radius 1 is 1.12 bits per heavy atom. The summed E-state index contributed by atoms with van der Waals surface area (Å²) in [5.41, 5.74) is 1.29. The third-order valence-corrected chi connectivity index (χ3v) is 4.80. The largest absolute Gasteiger partial charge is 0.334 e. The molecule has 2 heterocycles. The number of carbonyl (C=O) groups excluding carboxylic acids is 1. The summed E-state index contributed by atoms with van der Waals surface area (Å²) in [6, 6.07) is 6.88. The van der Waals surface area contributed by atoms with E-state index >= 15 is 0 Å². The van der Waals surface area contributed by atoms with Crippen LogP contribution in [-0.4, -0.2) is 34.6 Å². The lowest BCUT2D eigenvalue weighted by molar-refractivity contribution is 0.251. The van der Waals surface area contributed by atoms with E-state index in [1.807, 2.05) is 0 Å². The fraction of sp³-hybridized carbons (Fsp3) is 0.0667. The molecule has 2 amide bonds. The molecule has 0 aliphatic rings. The number of urea groups is 1. The van der Waals surface area contributed by atoms with E-state index in [4.69, 9.17) is 0 Å². The van der Waals surface area contributed by atoms with E-state index in [1.165, 1.54) is 42.7 Å². The van der Waals surface area contributed by atoms with Gasteiger partial charge in [0.1, 0.15) is 0 Å². The summed E-state index contributed by atoms with van der Waals surface area (Å²) in [5, 5.41) is 11.4. The Bertz CT molecular complexity index is 941. The number of aromatic nitrogens is 4. The van der Waals surface area contributed by atoms with Crippen molar-refractivity contribution >= 4 is 21.6 Å². The first-order valence-electron chi connectivity index (χ1n) is 7.20. The third-order valence-electron chi connectivity index (χ3n) is 3.21. The molecule has 128 valence electrons. The van der Waals surface area contributed by atoms with Crippen LogP contribution >= 0.6 is 0 Å². The first-order chi connectivity index (χ1) is 12.1. The molecule has 0 unspecified atom stereocenters. The van der Waals surface area contributed by atoms with Gasteiger partial charge in [-0.3, -0.25) is 5.10 Å². The van der Waals surface area contributed by atoms with Crippen molar-refractivity contribution in [2.75, 3.05) is 5.32 Å². The molecule has 9 nitrogen and oxygen atoms in total. The molecule has 0 fully saturated rings. The van der Waals surface area contributed by atoms with Gasteiger partial charge in [0.05, 0.1) is 11.1 Å². The molecule has 2 aromatic heterocycles. The van der Waals surface area contributed by atoms with Crippen LogP contribution in [0.1, 0.15) is 5.56 Å². The van der Waals surface area contributed by atoms with E-state index in [-0.39, 0.29) is 10.1 Å². The summed E-state index contributed by atoms with van der Waals surface area (Å²) in [5.74, 6) is 0. The normalized spacial score (nSPS) is 11.0. The minimum absolute atomic E-state index is 0.0445. The minimum atomic E-state index is -3.79. The molecule has 0 bridgehead atoms. The highest BCUT2D eigenvalue weighted by Gasteiger charge is 2.20. The SMILES string of the molecule is O=C(NCc1cn[nH]c1)Nc1ccc(S(=O)(=O)c2ncccn2)cc1. The molecule has 0 radical (unpaired) electrons. The maximum Gasteiger partial charge on any atom is 0.319 e. The second-order valence-corrected chi connectivity index (χ2v) is 6.82. The molecule has 0 saturated carbocycles. The maximum atomic E-state index is 12.4. The molecule has 10 heteroatoms. The fourth-order valence-electron chi connectivity index (χ4n) is 1.98. The third kappa shape index (κ3) is 3.98. The molecule has 0 aliphatic heterocycles. The molecule has 25 heavy (non-hydrogen) atoms. The number of aromatic amines is 1. The highest BCUT2D eigenvalue weighted by molar-refractivity contribution is 7.91. The van der Waals surface area contributed by atoms with Crippen LogP contribution in [0.2, 0.25) is 0 Å². The Hall–Kier alpha value is -3.27. The number of anilines is 1. The Morgan fingerprint density at radius 3 is 2.48 bits per heavy atom. The molecule has 0 atom stereocenters. The van der Waals surface area contributed by atoms with Crippen molar-refractivity contribution in [3.63, 3.8) is 0 Å². The minimum Gasteiger partial charge on any atom is -0.334 e. The molecule has 3 rings (SSSR count). The van der Waals surface area contributed by atoms with E-state index in [2.05, 4.69) is 30.8 Å². The van der Waals surface area contributed by atoms with Crippen molar-refractivity contribution in [3.05, 3.63) is 60.7 Å². The number of amides is 2. The zero-order chi connectivity index (χ0) is 17.7. The van der Waals surface area contributed by atoms with Crippen LogP contribution in [-0.2, 0) is 16.4 Å². The summed E-state index contributed by atoms with van der Waals surface area (Å²) in [4.78, 5) is 19.4. The zero-order valence-electron chi connectivity index (χ0n) is 12.9. The van der Waals surface area contributed by atoms with Gasteiger partial charge >= 0.3 is 6.03 Å². The van der Waals surface area contributed by atoms with Crippen molar-refractivity contribution in [1.82, 2.24) is 25.5 Å². The number of nitrogens with one attached hydrogen (secondary N) is 3. The van der Waals surface area contributed by atoms with Gasteiger partial charge in [0, 0.05) is 36.4 Å². The molecular weight excluding hydrogens is 344 g/mol. The number of nitrogens with zero attached hydrogens (tertiary/aromatic N) is 3. The number of rotatable bonds is 5. The lowest BCUT2D eigenvalue weighted by atomic mass is 10.3. The van der Waals surface area contributed by atoms with Crippen LogP contribution in [0.5, 0.6) is 0 Å². The summed E-state index contributed by atoms with van der Waals surface area (Å²) in [7, 11) is -3.79. The predicted octanol–water partition coefficient (Wildman–Crippen LogP) is 1.35. The maximum absolute atomic E-state index is 12.4. The van der Waals surface area contributed by atoms with Gasteiger partial charge in [-0.25, -0.2) is 23.2 Å². The van der Waals surface area contributed by atoms with Crippen molar-refractivity contribution in [1.29, 1.82) is 0 Å². The van der Waals surface area contributed by atoms with Crippen LogP contribution < -0.4 is 10.6 Å². The molecular formula is C15H14N6O3S. The van der Waals surface area contributed by atoms with E-state index in [0.717, 1.165) is 5.56 Å². The first kappa shape index (κ1) is 16.6. The Balaban J connectivity index is 1.65. The van der Waals surface area contributed by atoms with Crippen LogP contribution in [0.4, 0.5) is 10.5 Å². The standard InChI is InChI=1S/C15H14N6O3S/c22-14(18-8-11-9-19-20-10-11)21-12-2-4-13(5-3-12)25(23,24)15-16-6-1-7-17-15/h1-7,9-10H,8H2,(H,19,20)(H2,18,21,22). The van der Waals surface area contributed by atoms with E-state index in [9.17, 15) is 13.2 Å². The lowest BCUT2D eigenvalue weighted by Gasteiger charge is -2.08. The number of H-pyrrole nitrogens is 1. The van der Waals surface area contributed by atoms with Gasteiger partial charge < -0.3 is 10.6 Å². The number of carbonyl (C=O) groups is 1.